The zero-order valence-corrected chi connectivity index (χ0v) is 13.7. The zero-order valence-electron chi connectivity index (χ0n) is 10.6. The van der Waals surface area contributed by atoms with Crippen molar-refractivity contribution in [3.8, 4) is 0 Å². The molecule has 0 radical (unpaired) electrons. The van der Waals surface area contributed by atoms with E-state index in [9.17, 15) is 9.59 Å². The topological polar surface area (TPSA) is 64.0 Å². The molecular weight excluding hydrogens is 390 g/mol. The van der Waals surface area contributed by atoms with Crippen molar-refractivity contribution in [2.75, 3.05) is 5.32 Å². The standard InChI is InChI=1S/C13H11Br2N3O2/c1-8-16-6-11(15)13(20)18(8)7-12(19)17-10-4-2-9(14)3-5-10/h2-6H,7H2,1H3,(H,17,19). The number of amides is 1. The summed E-state index contributed by atoms with van der Waals surface area (Å²) in [5.41, 5.74) is 0.398. The van der Waals surface area contributed by atoms with Gasteiger partial charge in [-0.25, -0.2) is 4.98 Å². The van der Waals surface area contributed by atoms with Gasteiger partial charge in [-0.3, -0.25) is 14.2 Å². The lowest BCUT2D eigenvalue weighted by molar-refractivity contribution is -0.116. The Morgan fingerprint density at radius 1 is 1.30 bits per heavy atom. The Kier molecular flexibility index (Phi) is 4.72. The number of nitrogens with one attached hydrogen (secondary N) is 1. The van der Waals surface area contributed by atoms with Crippen LogP contribution >= 0.6 is 31.9 Å². The van der Waals surface area contributed by atoms with Crippen LogP contribution in [-0.2, 0) is 11.3 Å². The Morgan fingerprint density at radius 2 is 1.95 bits per heavy atom. The number of nitrogens with zero attached hydrogens (tertiary/aromatic N) is 2. The van der Waals surface area contributed by atoms with Gasteiger partial charge in [-0.15, -0.1) is 0 Å². The van der Waals surface area contributed by atoms with Crippen LogP contribution in [0.5, 0.6) is 0 Å². The van der Waals surface area contributed by atoms with E-state index < -0.39 is 0 Å². The highest BCUT2D eigenvalue weighted by Gasteiger charge is 2.10. The Balaban J connectivity index is 2.15. The minimum atomic E-state index is -0.280. The Bertz CT molecular complexity index is 696. The molecule has 7 heteroatoms. The Morgan fingerprint density at radius 3 is 2.60 bits per heavy atom. The summed E-state index contributed by atoms with van der Waals surface area (Å²) >= 11 is 6.43. The summed E-state index contributed by atoms with van der Waals surface area (Å²) in [6.45, 7) is 1.61. The highest BCUT2D eigenvalue weighted by Crippen LogP contribution is 2.14. The van der Waals surface area contributed by atoms with Crippen LogP contribution in [0.4, 0.5) is 5.69 Å². The van der Waals surface area contributed by atoms with Crippen LogP contribution in [-0.4, -0.2) is 15.5 Å². The zero-order chi connectivity index (χ0) is 14.7. The first-order chi connectivity index (χ1) is 9.47. The summed E-state index contributed by atoms with van der Waals surface area (Å²) in [7, 11) is 0. The van der Waals surface area contributed by atoms with E-state index in [1.165, 1.54) is 10.8 Å². The van der Waals surface area contributed by atoms with E-state index >= 15 is 0 Å². The molecule has 104 valence electrons. The molecule has 1 aromatic carbocycles. The Hall–Kier alpha value is -1.47. The summed E-state index contributed by atoms with van der Waals surface area (Å²) in [6.07, 6.45) is 1.43. The number of benzene rings is 1. The number of hydrogen-bond acceptors (Lipinski definition) is 3. The molecule has 0 atom stereocenters. The number of anilines is 1. The van der Waals surface area contributed by atoms with Crippen molar-refractivity contribution in [2.45, 2.75) is 13.5 Å². The fraction of sp³-hybridized carbons (Fsp3) is 0.154. The molecule has 5 nitrogen and oxygen atoms in total. The molecule has 0 fully saturated rings. The SMILES string of the molecule is Cc1ncc(Br)c(=O)n1CC(=O)Nc1ccc(Br)cc1. The lowest BCUT2D eigenvalue weighted by Gasteiger charge is -2.10. The van der Waals surface area contributed by atoms with E-state index in [1.54, 1.807) is 19.1 Å². The molecule has 20 heavy (non-hydrogen) atoms. The summed E-state index contributed by atoms with van der Waals surface area (Å²) < 4.78 is 2.58. The maximum Gasteiger partial charge on any atom is 0.268 e. The average molecular weight is 401 g/mol. The minimum absolute atomic E-state index is 0.0762. The van der Waals surface area contributed by atoms with Gasteiger partial charge < -0.3 is 5.32 Å². The number of aromatic nitrogens is 2. The number of halogens is 2. The summed E-state index contributed by atoms with van der Waals surface area (Å²) in [6, 6.07) is 7.20. The van der Waals surface area contributed by atoms with E-state index in [-0.39, 0.29) is 18.0 Å². The largest absolute Gasteiger partial charge is 0.325 e. The molecule has 0 bridgehead atoms. The van der Waals surface area contributed by atoms with E-state index in [0.717, 1.165) is 4.47 Å². The molecule has 0 saturated heterocycles. The van der Waals surface area contributed by atoms with Gasteiger partial charge in [-0.1, -0.05) is 15.9 Å². The molecule has 2 rings (SSSR count). The fourth-order valence-electron chi connectivity index (χ4n) is 1.61. The second-order valence-corrected chi connectivity index (χ2v) is 5.87. The van der Waals surface area contributed by atoms with Crippen molar-refractivity contribution in [1.29, 1.82) is 0 Å². The second kappa shape index (κ2) is 6.32. The molecule has 2 aromatic rings. The van der Waals surface area contributed by atoms with Gasteiger partial charge in [-0.05, 0) is 47.1 Å². The average Bonchev–Trinajstić information content (AvgIpc) is 2.42. The van der Waals surface area contributed by atoms with E-state index in [4.69, 9.17) is 0 Å². The molecule has 1 N–H and O–H groups in total. The molecule has 0 spiro atoms. The lowest BCUT2D eigenvalue weighted by Crippen LogP contribution is -2.30. The van der Waals surface area contributed by atoms with Crippen molar-refractivity contribution in [1.82, 2.24) is 9.55 Å². The van der Waals surface area contributed by atoms with Crippen LogP contribution < -0.4 is 10.9 Å². The van der Waals surface area contributed by atoms with Crippen molar-refractivity contribution in [3.63, 3.8) is 0 Å². The lowest BCUT2D eigenvalue weighted by atomic mass is 10.3. The third kappa shape index (κ3) is 3.55. The second-order valence-electron chi connectivity index (χ2n) is 4.10. The number of aryl methyl sites for hydroxylation is 1. The molecule has 1 heterocycles. The van der Waals surface area contributed by atoms with Crippen LogP contribution in [0.2, 0.25) is 0 Å². The molecule has 0 aliphatic rings. The van der Waals surface area contributed by atoms with Crippen molar-refractivity contribution >= 4 is 43.5 Å². The van der Waals surface area contributed by atoms with Gasteiger partial charge in [0.15, 0.2) is 0 Å². The third-order valence-electron chi connectivity index (χ3n) is 2.63. The maximum absolute atomic E-state index is 12.0. The van der Waals surface area contributed by atoms with Crippen LogP contribution in [0.15, 0.2) is 44.2 Å². The fourth-order valence-corrected chi connectivity index (χ4v) is 2.20. The van der Waals surface area contributed by atoms with Crippen molar-refractivity contribution < 1.29 is 4.79 Å². The van der Waals surface area contributed by atoms with E-state index in [2.05, 4.69) is 42.2 Å². The quantitative estimate of drug-likeness (QED) is 0.861. The number of hydrogen-bond donors (Lipinski definition) is 1. The molecule has 0 saturated carbocycles. The van der Waals surface area contributed by atoms with Crippen molar-refractivity contribution in [3.05, 3.63) is 55.6 Å². The predicted molar refractivity (Wildman–Crippen MR) is 83.7 cm³/mol. The van der Waals surface area contributed by atoms with Crippen LogP contribution in [0.1, 0.15) is 5.82 Å². The third-order valence-corrected chi connectivity index (χ3v) is 3.71. The number of rotatable bonds is 3. The highest BCUT2D eigenvalue weighted by molar-refractivity contribution is 9.10. The maximum atomic E-state index is 12.0. The van der Waals surface area contributed by atoms with Gasteiger partial charge in [0.25, 0.3) is 5.56 Å². The van der Waals surface area contributed by atoms with Gasteiger partial charge in [0.1, 0.15) is 16.8 Å². The van der Waals surface area contributed by atoms with Gasteiger partial charge in [-0.2, -0.15) is 0 Å². The minimum Gasteiger partial charge on any atom is -0.325 e. The van der Waals surface area contributed by atoms with Gasteiger partial charge in [0.2, 0.25) is 5.91 Å². The van der Waals surface area contributed by atoms with Crippen molar-refractivity contribution in [2.24, 2.45) is 0 Å². The van der Waals surface area contributed by atoms with E-state index in [1.807, 2.05) is 12.1 Å². The molecular formula is C13H11Br2N3O2. The monoisotopic (exact) mass is 399 g/mol. The molecule has 1 amide bonds. The van der Waals surface area contributed by atoms with Crippen LogP contribution in [0, 0.1) is 6.92 Å². The Labute approximate surface area is 132 Å². The summed E-state index contributed by atoms with van der Waals surface area (Å²) in [4.78, 5) is 27.9. The summed E-state index contributed by atoms with van der Waals surface area (Å²) in [5, 5.41) is 2.73. The van der Waals surface area contributed by atoms with Gasteiger partial charge >= 0.3 is 0 Å². The van der Waals surface area contributed by atoms with Crippen LogP contribution in [0.25, 0.3) is 0 Å². The van der Waals surface area contributed by atoms with Gasteiger partial charge in [0, 0.05) is 16.4 Å². The first kappa shape index (κ1) is 14.9. The molecule has 0 aliphatic heterocycles. The smallest absolute Gasteiger partial charge is 0.268 e. The highest BCUT2D eigenvalue weighted by atomic mass is 79.9. The predicted octanol–water partition coefficient (Wildman–Crippen LogP) is 2.72. The molecule has 1 aromatic heterocycles. The normalized spacial score (nSPS) is 10.3. The first-order valence-corrected chi connectivity index (χ1v) is 7.33. The number of carbonyl (C=O) groups excluding carboxylic acids is 1. The van der Waals surface area contributed by atoms with Crippen LogP contribution in [0.3, 0.4) is 0 Å². The van der Waals surface area contributed by atoms with Gasteiger partial charge in [0.05, 0.1) is 0 Å². The first-order valence-electron chi connectivity index (χ1n) is 5.75. The van der Waals surface area contributed by atoms with E-state index in [0.29, 0.717) is 16.0 Å². The molecule has 0 unspecified atom stereocenters. The molecule has 0 aliphatic carbocycles. The number of carbonyl (C=O) groups is 1. The summed E-state index contributed by atoms with van der Waals surface area (Å²) in [5.74, 6) is 0.210.